The van der Waals surface area contributed by atoms with E-state index in [0.29, 0.717) is 71.7 Å². The van der Waals surface area contributed by atoms with Gasteiger partial charge in [0.2, 0.25) is 0 Å². The van der Waals surface area contributed by atoms with Crippen molar-refractivity contribution in [2.24, 2.45) is 5.41 Å². The number of benzene rings is 3. The van der Waals surface area contributed by atoms with Crippen LogP contribution in [0.1, 0.15) is 47.9 Å². The summed E-state index contributed by atoms with van der Waals surface area (Å²) in [6.45, 7) is 5.66. The largest absolute Gasteiger partial charge is 0.507 e. The molecule has 2 atom stereocenters. The van der Waals surface area contributed by atoms with Crippen LogP contribution >= 0.6 is 0 Å². The van der Waals surface area contributed by atoms with Crippen molar-refractivity contribution in [3.63, 3.8) is 0 Å². The van der Waals surface area contributed by atoms with Gasteiger partial charge in [-0.25, -0.2) is 8.42 Å². The van der Waals surface area contributed by atoms with Crippen LogP contribution in [0.3, 0.4) is 0 Å². The Balaban J connectivity index is 1.42. The van der Waals surface area contributed by atoms with Crippen molar-refractivity contribution in [3.8, 4) is 11.5 Å². The predicted molar refractivity (Wildman–Crippen MR) is 173 cm³/mol. The summed E-state index contributed by atoms with van der Waals surface area (Å²) in [5.74, 6) is -0.367. The highest BCUT2D eigenvalue weighted by atomic mass is 32.2. The second kappa shape index (κ2) is 13.7. The van der Waals surface area contributed by atoms with Crippen molar-refractivity contribution in [3.05, 3.63) is 95.1 Å². The van der Waals surface area contributed by atoms with Gasteiger partial charge >= 0.3 is 0 Å². The molecular formula is C35H38O8S2. The Morgan fingerprint density at radius 3 is 1.33 bits per heavy atom. The molecular weight excluding hydrogens is 613 g/mol. The van der Waals surface area contributed by atoms with E-state index in [0.717, 1.165) is 11.1 Å². The van der Waals surface area contributed by atoms with Crippen LogP contribution in [0, 0.1) is 19.3 Å². The van der Waals surface area contributed by atoms with E-state index in [1.54, 1.807) is 36.4 Å². The van der Waals surface area contributed by atoms with E-state index in [4.69, 9.17) is 18.9 Å². The molecule has 0 amide bonds. The van der Waals surface area contributed by atoms with Gasteiger partial charge in [0.25, 0.3) is 0 Å². The van der Waals surface area contributed by atoms with Crippen molar-refractivity contribution in [1.29, 1.82) is 0 Å². The number of allylic oxidation sites excluding steroid dienone is 2. The van der Waals surface area contributed by atoms with E-state index >= 15 is 0 Å². The third kappa shape index (κ3) is 7.16. The molecule has 0 saturated carbocycles. The van der Waals surface area contributed by atoms with Crippen molar-refractivity contribution in [1.82, 2.24) is 0 Å². The van der Waals surface area contributed by atoms with E-state index in [1.807, 2.05) is 38.1 Å². The first kappa shape index (κ1) is 31.8. The number of aromatic hydroxyl groups is 2. The normalized spacial score (nSPS) is 27.8. The van der Waals surface area contributed by atoms with E-state index in [2.05, 4.69) is 0 Å². The van der Waals surface area contributed by atoms with Crippen molar-refractivity contribution < 1.29 is 37.6 Å². The maximum atomic E-state index is 14.0. The lowest BCUT2D eigenvalue weighted by Gasteiger charge is -2.43. The number of phenolic OH excluding ortho intramolecular Hbond substituents is 2. The summed E-state index contributed by atoms with van der Waals surface area (Å²) in [6.07, 6.45) is 4.60. The molecule has 5 bridgehead atoms. The predicted octanol–water partition coefficient (Wildman–Crippen LogP) is 6.32. The first-order valence-corrected chi connectivity index (χ1v) is 17.4. The molecule has 2 saturated heterocycles. The van der Waals surface area contributed by atoms with Gasteiger partial charge in [-0.3, -0.25) is 0 Å². The highest BCUT2D eigenvalue weighted by Gasteiger charge is 2.41. The molecule has 1 spiro atoms. The fourth-order valence-corrected chi connectivity index (χ4v) is 8.12. The Kier molecular flexibility index (Phi) is 9.70. The average Bonchev–Trinajstić information content (AvgIpc) is 3.05. The van der Waals surface area contributed by atoms with Crippen LogP contribution in [0.2, 0.25) is 0 Å². The summed E-state index contributed by atoms with van der Waals surface area (Å²) >= 11 is 0. The van der Waals surface area contributed by atoms with Crippen LogP contribution in [-0.2, 0) is 40.5 Å². The van der Waals surface area contributed by atoms with Gasteiger partial charge in [-0.1, -0.05) is 47.5 Å². The number of aryl methyl sites for hydroxylation is 2. The average molecular weight is 651 g/mol. The van der Waals surface area contributed by atoms with Crippen molar-refractivity contribution in [2.75, 3.05) is 26.4 Å². The fraction of sp³-hybridized carbons (Fsp3) is 0.371. The maximum Gasteiger partial charge on any atom is 0.157 e. The van der Waals surface area contributed by atoms with Crippen molar-refractivity contribution >= 4 is 31.4 Å². The monoisotopic (exact) mass is 650 g/mol. The standard InChI is InChI=1S/C35H38O8S2/c1-23-9-13-25(14-10-23)44(38)31-5-3-7-33-40-19-35(20-41-33)21-42-34(43-22-35)8-4-6-32(28-18-29(36)27(31)17-30(28)37)45(39)26-15-11-24(2)12-16-26/h5-6,9-18,33-34,36-37H,3-4,7-8,19-22H2,1-2H3/b31-5+,32-6+. The molecule has 3 aromatic rings. The van der Waals surface area contributed by atoms with Crippen LogP contribution in [0.4, 0.5) is 0 Å². The molecule has 0 radical (unpaired) electrons. The molecule has 45 heavy (non-hydrogen) atoms. The van der Waals surface area contributed by atoms with Crippen LogP contribution in [0.15, 0.2) is 82.6 Å². The summed E-state index contributed by atoms with van der Waals surface area (Å²) in [4.78, 5) is 1.84. The number of phenols is 2. The topological polar surface area (TPSA) is 112 Å². The quantitative estimate of drug-likeness (QED) is 0.316. The molecule has 2 N–H and O–H groups in total. The minimum Gasteiger partial charge on any atom is -0.507 e. The summed E-state index contributed by atoms with van der Waals surface area (Å²) < 4.78 is 52.1. The summed E-state index contributed by atoms with van der Waals surface area (Å²) in [6, 6.07) is 17.5. The van der Waals surface area contributed by atoms with Crippen LogP contribution in [0.5, 0.6) is 11.5 Å². The van der Waals surface area contributed by atoms with E-state index in [-0.39, 0.29) is 28.0 Å². The molecule has 0 aliphatic carbocycles. The summed E-state index contributed by atoms with van der Waals surface area (Å²) in [7, 11) is -3.34. The lowest BCUT2D eigenvalue weighted by atomic mass is 9.90. The van der Waals surface area contributed by atoms with Crippen LogP contribution < -0.4 is 0 Å². The Bertz CT molecular complexity index is 1500. The molecule has 8 aliphatic heterocycles. The SMILES string of the molecule is Cc1ccc(S(=O)/C2=C/CCC3OCC4(CO3)COC(CC/C=C(/S(=O)c3ccc(C)cc3)c3cc(O)c2cc3O)OC4)cc1. The molecule has 8 aliphatic rings. The lowest BCUT2D eigenvalue weighted by molar-refractivity contribution is -0.303. The van der Waals surface area contributed by atoms with Gasteiger partial charge in [-0.15, -0.1) is 0 Å². The Morgan fingerprint density at radius 2 is 0.978 bits per heavy atom. The van der Waals surface area contributed by atoms with Gasteiger partial charge in [0.05, 0.1) is 63.3 Å². The molecule has 238 valence electrons. The smallest absolute Gasteiger partial charge is 0.157 e. The van der Waals surface area contributed by atoms with E-state index < -0.39 is 34.2 Å². The Labute approximate surface area is 268 Å². The Hall–Kier alpha value is -3.12. The van der Waals surface area contributed by atoms with Crippen molar-refractivity contribution in [2.45, 2.75) is 61.9 Å². The van der Waals surface area contributed by atoms with Crippen LogP contribution in [-0.4, -0.2) is 57.6 Å². The first-order valence-electron chi connectivity index (χ1n) is 15.1. The second-order valence-corrected chi connectivity index (χ2v) is 14.8. The summed E-state index contributed by atoms with van der Waals surface area (Å²) in [5.41, 5.74) is 2.15. The van der Waals surface area contributed by atoms with E-state index in [1.165, 1.54) is 12.1 Å². The first-order chi connectivity index (χ1) is 21.7. The van der Waals surface area contributed by atoms with Gasteiger partial charge in [0, 0.05) is 33.8 Å². The highest BCUT2D eigenvalue weighted by molar-refractivity contribution is 7.95. The van der Waals surface area contributed by atoms with Gasteiger partial charge in [-0.05, 0) is 63.1 Å². The molecule has 8 heterocycles. The molecule has 11 rings (SSSR count). The number of hydrogen-bond donors (Lipinski definition) is 2. The zero-order valence-electron chi connectivity index (χ0n) is 25.4. The summed E-state index contributed by atoms with van der Waals surface area (Å²) in [5, 5.41) is 22.8. The number of hydrogen-bond acceptors (Lipinski definition) is 8. The number of ether oxygens (including phenoxy) is 4. The molecule has 0 aromatic heterocycles. The molecule has 2 unspecified atom stereocenters. The maximum absolute atomic E-state index is 14.0. The lowest BCUT2D eigenvalue weighted by Crippen LogP contribution is -2.52. The molecule has 3 aromatic carbocycles. The third-order valence-corrected chi connectivity index (χ3v) is 11.3. The third-order valence-electron chi connectivity index (χ3n) is 8.28. The zero-order valence-corrected chi connectivity index (χ0v) is 27.0. The van der Waals surface area contributed by atoms with Gasteiger partial charge in [0.15, 0.2) is 12.6 Å². The molecule has 10 heteroatoms. The fourth-order valence-electron chi connectivity index (χ4n) is 5.58. The van der Waals surface area contributed by atoms with E-state index in [9.17, 15) is 18.6 Å². The number of rotatable bonds is 4. The van der Waals surface area contributed by atoms with Gasteiger partial charge in [-0.2, -0.15) is 0 Å². The highest BCUT2D eigenvalue weighted by Crippen LogP contribution is 2.41. The Morgan fingerprint density at radius 1 is 0.622 bits per heavy atom. The second-order valence-electron chi connectivity index (χ2n) is 11.9. The van der Waals surface area contributed by atoms with Gasteiger partial charge in [0.1, 0.15) is 11.5 Å². The molecule has 2 fully saturated rings. The van der Waals surface area contributed by atoms with Gasteiger partial charge < -0.3 is 29.2 Å². The zero-order chi connectivity index (χ0) is 31.6. The minimum absolute atomic E-state index is 0.184. The molecule has 8 nitrogen and oxygen atoms in total. The van der Waals surface area contributed by atoms with Crippen LogP contribution in [0.25, 0.3) is 9.81 Å². The minimum atomic E-state index is -1.67.